The van der Waals surface area contributed by atoms with Crippen molar-refractivity contribution in [1.29, 1.82) is 0 Å². The van der Waals surface area contributed by atoms with Crippen LogP contribution in [0, 0.1) is 0 Å². The van der Waals surface area contributed by atoms with Gasteiger partial charge in [0.15, 0.2) is 0 Å². The van der Waals surface area contributed by atoms with Crippen LogP contribution in [0.3, 0.4) is 0 Å². The lowest BCUT2D eigenvalue weighted by atomic mass is 9.92. The first kappa shape index (κ1) is 19.3. The molecule has 1 N–H and O–H groups in total. The number of rotatable bonds is 4. The third kappa shape index (κ3) is 3.64. The number of nitrogens with one attached hydrogen (secondary N) is 1. The first-order valence-electron chi connectivity index (χ1n) is 11.3. The van der Waals surface area contributed by atoms with Crippen LogP contribution in [-0.2, 0) is 0 Å². The number of fused-ring (bicyclic) bond motifs is 3. The molecule has 0 bridgehead atoms. The fourth-order valence-corrected chi connectivity index (χ4v) is 4.63. The van der Waals surface area contributed by atoms with Crippen LogP contribution in [0.5, 0.6) is 0 Å². The average Bonchev–Trinajstić information content (AvgIpc) is 3.27. The van der Waals surface area contributed by atoms with Crippen molar-refractivity contribution in [3.05, 3.63) is 144 Å². The van der Waals surface area contributed by atoms with E-state index in [9.17, 15) is 0 Å². The third-order valence-electron chi connectivity index (χ3n) is 6.22. The van der Waals surface area contributed by atoms with Gasteiger partial charge in [0, 0.05) is 21.9 Å². The Morgan fingerprint density at radius 2 is 1.21 bits per heavy atom. The Balaban J connectivity index is 1.53. The number of H-pyrrole nitrogens is 1. The number of aromatic nitrogens is 1. The average molecular weight is 422 g/mol. The molecule has 0 fully saturated rings. The molecular weight excluding hydrogens is 398 g/mol. The number of hydrogen-bond acceptors (Lipinski definition) is 0. The largest absolute Gasteiger partial charge is 0.354 e. The molecule has 0 spiro atoms. The fourth-order valence-electron chi connectivity index (χ4n) is 4.63. The highest BCUT2D eigenvalue weighted by Crippen LogP contribution is 2.35. The molecule has 0 aliphatic rings. The van der Waals surface area contributed by atoms with E-state index in [1.165, 1.54) is 55.2 Å². The molecular formula is C32H23N. The smallest absolute Gasteiger partial charge is 0.0544 e. The number of benzene rings is 5. The monoisotopic (exact) mass is 421 g/mol. The number of aromatic amines is 1. The first-order chi connectivity index (χ1) is 16.4. The van der Waals surface area contributed by atoms with Crippen LogP contribution < -0.4 is 0 Å². The number of para-hydroxylation sites is 2. The van der Waals surface area contributed by atoms with E-state index in [1.807, 2.05) is 0 Å². The summed E-state index contributed by atoms with van der Waals surface area (Å²) in [5.74, 6) is 0. The van der Waals surface area contributed by atoms with Crippen molar-refractivity contribution in [1.82, 2.24) is 4.98 Å². The fraction of sp³-hybridized carbons (Fsp3) is 0. The van der Waals surface area contributed by atoms with Crippen LogP contribution in [-0.4, -0.2) is 4.98 Å². The summed E-state index contributed by atoms with van der Waals surface area (Å²) < 4.78 is 0. The number of hydrogen-bond donors (Lipinski definition) is 1. The summed E-state index contributed by atoms with van der Waals surface area (Å²) in [5.41, 5.74) is 9.61. The molecule has 1 heterocycles. The van der Waals surface area contributed by atoms with Crippen molar-refractivity contribution in [3.63, 3.8) is 0 Å². The first-order valence-corrected chi connectivity index (χ1v) is 11.3. The summed E-state index contributed by atoms with van der Waals surface area (Å²) in [5, 5.41) is 2.52. The van der Waals surface area contributed by atoms with Crippen LogP contribution >= 0.6 is 0 Å². The standard InChI is InChI=1S/C32H23N/c1-3-11-23(12-4-1)21-30(24-13-5-2-6-14-24)26-16-9-15-25(22-26)27-18-10-19-29-28-17-7-8-20-31(28)33-32(27)29/h1-22,33H. The normalized spacial score (nSPS) is 11.8. The molecule has 0 saturated heterocycles. The van der Waals surface area contributed by atoms with Crippen LogP contribution in [0.4, 0.5) is 0 Å². The molecule has 0 aliphatic heterocycles. The Bertz CT molecular complexity index is 1590. The van der Waals surface area contributed by atoms with E-state index in [-0.39, 0.29) is 0 Å². The quantitative estimate of drug-likeness (QED) is 0.274. The van der Waals surface area contributed by atoms with Gasteiger partial charge in [-0.3, -0.25) is 0 Å². The minimum atomic E-state index is 1.17. The maximum Gasteiger partial charge on any atom is 0.0544 e. The second-order valence-electron chi connectivity index (χ2n) is 8.31. The summed E-state index contributed by atoms with van der Waals surface area (Å²) in [6.45, 7) is 0. The van der Waals surface area contributed by atoms with Crippen molar-refractivity contribution < 1.29 is 0 Å². The maximum atomic E-state index is 3.65. The molecule has 1 nitrogen and oxygen atoms in total. The van der Waals surface area contributed by atoms with Gasteiger partial charge in [0.1, 0.15) is 0 Å². The minimum absolute atomic E-state index is 1.17. The van der Waals surface area contributed by atoms with Gasteiger partial charge < -0.3 is 4.98 Å². The van der Waals surface area contributed by atoms with Crippen LogP contribution in [0.25, 0.3) is 44.6 Å². The third-order valence-corrected chi connectivity index (χ3v) is 6.22. The van der Waals surface area contributed by atoms with Crippen LogP contribution in [0.15, 0.2) is 127 Å². The predicted octanol–water partition coefficient (Wildman–Crippen LogP) is 8.58. The molecule has 156 valence electrons. The molecule has 0 atom stereocenters. The molecule has 6 aromatic rings. The Labute approximate surface area is 193 Å². The zero-order chi connectivity index (χ0) is 22.0. The summed E-state index contributed by atoms with van der Waals surface area (Å²) >= 11 is 0. The molecule has 5 aromatic carbocycles. The zero-order valence-electron chi connectivity index (χ0n) is 18.2. The molecule has 6 rings (SSSR count). The topological polar surface area (TPSA) is 15.8 Å². The second-order valence-corrected chi connectivity index (χ2v) is 8.31. The Kier molecular flexibility index (Phi) is 4.86. The minimum Gasteiger partial charge on any atom is -0.354 e. The van der Waals surface area contributed by atoms with Crippen LogP contribution in [0.2, 0.25) is 0 Å². The summed E-state index contributed by atoms with van der Waals surface area (Å²) in [4.78, 5) is 3.65. The summed E-state index contributed by atoms with van der Waals surface area (Å²) in [6, 6.07) is 45.1. The summed E-state index contributed by atoms with van der Waals surface area (Å²) in [6.07, 6.45) is 2.28. The Hall–Kier alpha value is -4.36. The van der Waals surface area contributed by atoms with Crippen molar-refractivity contribution in [2.24, 2.45) is 0 Å². The van der Waals surface area contributed by atoms with Gasteiger partial charge in [-0.25, -0.2) is 0 Å². The lowest BCUT2D eigenvalue weighted by Crippen LogP contribution is -1.90. The van der Waals surface area contributed by atoms with Gasteiger partial charge >= 0.3 is 0 Å². The molecule has 33 heavy (non-hydrogen) atoms. The van der Waals surface area contributed by atoms with Gasteiger partial charge in [-0.1, -0.05) is 115 Å². The predicted molar refractivity (Wildman–Crippen MR) is 141 cm³/mol. The van der Waals surface area contributed by atoms with E-state index in [0.717, 1.165) is 0 Å². The summed E-state index contributed by atoms with van der Waals surface area (Å²) in [7, 11) is 0. The Morgan fingerprint density at radius 1 is 0.545 bits per heavy atom. The van der Waals surface area contributed by atoms with E-state index in [1.54, 1.807) is 0 Å². The van der Waals surface area contributed by atoms with Gasteiger partial charge in [-0.2, -0.15) is 0 Å². The molecule has 0 amide bonds. The molecule has 0 saturated carbocycles. The second kappa shape index (κ2) is 8.29. The maximum absolute atomic E-state index is 3.65. The van der Waals surface area contributed by atoms with E-state index >= 15 is 0 Å². The van der Waals surface area contributed by atoms with Crippen LogP contribution in [0.1, 0.15) is 16.7 Å². The van der Waals surface area contributed by atoms with Crippen molar-refractivity contribution >= 4 is 33.5 Å². The molecule has 1 aromatic heterocycles. The van der Waals surface area contributed by atoms with Gasteiger partial charge in [0.25, 0.3) is 0 Å². The SMILES string of the molecule is C(=C(c1ccccc1)c1cccc(-c2cccc3c2[nH]c2ccccc23)c1)c1ccccc1. The van der Waals surface area contributed by atoms with E-state index in [4.69, 9.17) is 0 Å². The van der Waals surface area contributed by atoms with Crippen molar-refractivity contribution in [3.8, 4) is 11.1 Å². The van der Waals surface area contributed by atoms with Crippen molar-refractivity contribution in [2.75, 3.05) is 0 Å². The highest BCUT2D eigenvalue weighted by Gasteiger charge is 2.11. The van der Waals surface area contributed by atoms with E-state index < -0.39 is 0 Å². The molecule has 1 heteroatoms. The van der Waals surface area contributed by atoms with Crippen molar-refractivity contribution in [2.45, 2.75) is 0 Å². The lowest BCUT2D eigenvalue weighted by molar-refractivity contribution is 1.52. The van der Waals surface area contributed by atoms with Gasteiger partial charge in [0.2, 0.25) is 0 Å². The van der Waals surface area contributed by atoms with Gasteiger partial charge in [0.05, 0.1) is 5.52 Å². The zero-order valence-corrected chi connectivity index (χ0v) is 18.2. The highest BCUT2D eigenvalue weighted by atomic mass is 14.7. The highest BCUT2D eigenvalue weighted by molar-refractivity contribution is 6.11. The van der Waals surface area contributed by atoms with E-state index in [0.29, 0.717) is 0 Å². The van der Waals surface area contributed by atoms with E-state index in [2.05, 4.69) is 138 Å². The molecule has 0 unspecified atom stereocenters. The van der Waals surface area contributed by atoms with Gasteiger partial charge in [-0.15, -0.1) is 0 Å². The molecule has 0 radical (unpaired) electrons. The molecule has 0 aliphatic carbocycles. The van der Waals surface area contributed by atoms with Gasteiger partial charge in [-0.05, 0) is 46.0 Å². The Morgan fingerprint density at radius 3 is 2.06 bits per heavy atom. The lowest BCUT2D eigenvalue weighted by Gasteiger charge is -2.12.